The number of ether oxygens (including phenoxy) is 1. The van der Waals surface area contributed by atoms with Crippen molar-refractivity contribution in [2.24, 2.45) is 0 Å². The average Bonchev–Trinajstić information content (AvgIpc) is 2.82. The Balaban J connectivity index is 1.80. The minimum Gasteiger partial charge on any atom is -0.389 e. The average molecular weight is 256 g/mol. The molecule has 0 aromatic rings. The van der Waals surface area contributed by atoms with E-state index >= 15 is 0 Å². The molecule has 4 heteroatoms. The van der Waals surface area contributed by atoms with Crippen LogP contribution in [0.2, 0.25) is 0 Å². The predicted octanol–water partition coefficient (Wildman–Crippen LogP) is 0.942. The van der Waals surface area contributed by atoms with Gasteiger partial charge in [0, 0.05) is 32.2 Å². The van der Waals surface area contributed by atoms with E-state index in [9.17, 15) is 5.11 Å². The second kappa shape index (κ2) is 6.85. The maximum Gasteiger partial charge on any atom is 0.0950 e. The number of piperazine rings is 1. The van der Waals surface area contributed by atoms with Crippen molar-refractivity contribution in [1.29, 1.82) is 0 Å². The van der Waals surface area contributed by atoms with Crippen LogP contribution in [0.4, 0.5) is 0 Å². The van der Waals surface area contributed by atoms with Crippen LogP contribution in [0.15, 0.2) is 0 Å². The summed E-state index contributed by atoms with van der Waals surface area (Å²) in [7, 11) is 0. The lowest BCUT2D eigenvalue weighted by Crippen LogP contribution is -2.55. The molecule has 2 aliphatic heterocycles. The van der Waals surface area contributed by atoms with Crippen molar-refractivity contribution in [1.82, 2.24) is 9.80 Å². The highest BCUT2D eigenvalue weighted by Crippen LogP contribution is 2.18. The summed E-state index contributed by atoms with van der Waals surface area (Å²) in [6.07, 6.45) is 3.55. The molecule has 3 atom stereocenters. The molecular formula is C14H28N2O2. The summed E-state index contributed by atoms with van der Waals surface area (Å²) in [5, 5.41) is 9.87. The van der Waals surface area contributed by atoms with E-state index in [0.29, 0.717) is 13.2 Å². The van der Waals surface area contributed by atoms with Gasteiger partial charge in [0.05, 0.1) is 25.4 Å². The van der Waals surface area contributed by atoms with Gasteiger partial charge in [-0.3, -0.25) is 9.80 Å². The lowest BCUT2D eigenvalue weighted by atomic mass is 10.1. The molecule has 0 aromatic heterocycles. The van der Waals surface area contributed by atoms with Gasteiger partial charge in [-0.05, 0) is 12.8 Å². The summed E-state index contributed by atoms with van der Waals surface area (Å²) in [4.78, 5) is 5.04. The molecule has 0 aliphatic carbocycles. The minimum absolute atomic E-state index is 0.235. The van der Waals surface area contributed by atoms with E-state index < -0.39 is 0 Å². The Morgan fingerprint density at radius 1 is 1.17 bits per heavy atom. The SMILES string of the molecule is CCCC(CC)N1CCN(C2COCC2O)CC1. The second-order valence-corrected chi connectivity index (χ2v) is 5.59. The Morgan fingerprint density at radius 3 is 2.39 bits per heavy atom. The van der Waals surface area contributed by atoms with E-state index in [4.69, 9.17) is 4.74 Å². The molecule has 0 radical (unpaired) electrons. The lowest BCUT2D eigenvalue weighted by molar-refractivity contribution is 0.0286. The van der Waals surface area contributed by atoms with E-state index in [1.165, 1.54) is 19.3 Å². The maximum atomic E-state index is 9.87. The highest BCUT2D eigenvalue weighted by molar-refractivity contribution is 4.87. The van der Waals surface area contributed by atoms with Crippen molar-refractivity contribution >= 4 is 0 Å². The summed E-state index contributed by atoms with van der Waals surface area (Å²) in [6, 6.07) is 0.986. The number of hydrogen-bond donors (Lipinski definition) is 1. The molecule has 2 aliphatic rings. The first-order valence-electron chi connectivity index (χ1n) is 7.50. The van der Waals surface area contributed by atoms with E-state index in [2.05, 4.69) is 23.6 Å². The summed E-state index contributed by atoms with van der Waals surface area (Å²) >= 11 is 0. The van der Waals surface area contributed by atoms with Crippen molar-refractivity contribution in [3.8, 4) is 0 Å². The topological polar surface area (TPSA) is 35.9 Å². The van der Waals surface area contributed by atoms with Crippen LogP contribution in [-0.4, -0.2) is 72.5 Å². The first-order valence-corrected chi connectivity index (χ1v) is 7.50. The molecule has 3 unspecified atom stereocenters. The van der Waals surface area contributed by atoms with Gasteiger partial charge in [-0.2, -0.15) is 0 Å². The zero-order chi connectivity index (χ0) is 13.0. The molecular weight excluding hydrogens is 228 g/mol. The number of aliphatic hydroxyl groups is 1. The van der Waals surface area contributed by atoms with Crippen LogP contribution in [0.25, 0.3) is 0 Å². The van der Waals surface area contributed by atoms with Crippen LogP contribution in [0, 0.1) is 0 Å². The van der Waals surface area contributed by atoms with Crippen molar-refractivity contribution in [3.05, 3.63) is 0 Å². The van der Waals surface area contributed by atoms with Crippen molar-refractivity contribution in [2.45, 2.75) is 51.3 Å². The molecule has 0 spiro atoms. The van der Waals surface area contributed by atoms with Crippen LogP contribution in [0.3, 0.4) is 0 Å². The van der Waals surface area contributed by atoms with Crippen molar-refractivity contribution in [2.75, 3.05) is 39.4 Å². The van der Waals surface area contributed by atoms with Gasteiger partial charge in [-0.1, -0.05) is 20.3 Å². The Labute approximate surface area is 111 Å². The smallest absolute Gasteiger partial charge is 0.0950 e. The normalized spacial score (nSPS) is 32.8. The second-order valence-electron chi connectivity index (χ2n) is 5.59. The molecule has 2 heterocycles. The van der Waals surface area contributed by atoms with Gasteiger partial charge in [0.1, 0.15) is 0 Å². The highest BCUT2D eigenvalue weighted by Gasteiger charge is 2.34. The van der Waals surface area contributed by atoms with Gasteiger partial charge in [0.2, 0.25) is 0 Å². The van der Waals surface area contributed by atoms with Crippen LogP contribution in [-0.2, 0) is 4.74 Å². The maximum absolute atomic E-state index is 9.87. The van der Waals surface area contributed by atoms with Gasteiger partial charge in [-0.15, -0.1) is 0 Å². The quantitative estimate of drug-likeness (QED) is 0.794. The molecule has 0 saturated carbocycles. The molecule has 18 heavy (non-hydrogen) atoms. The van der Waals surface area contributed by atoms with Crippen LogP contribution >= 0.6 is 0 Å². The molecule has 2 rings (SSSR count). The Kier molecular flexibility index (Phi) is 5.42. The van der Waals surface area contributed by atoms with Gasteiger partial charge in [0.25, 0.3) is 0 Å². The minimum atomic E-state index is -0.283. The molecule has 0 amide bonds. The monoisotopic (exact) mass is 256 g/mol. The van der Waals surface area contributed by atoms with Crippen molar-refractivity contribution in [3.63, 3.8) is 0 Å². The molecule has 1 N–H and O–H groups in total. The van der Waals surface area contributed by atoms with Crippen LogP contribution < -0.4 is 0 Å². The van der Waals surface area contributed by atoms with Gasteiger partial charge < -0.3 is 9.84 Å². The van der Waals surface area contributed by atoms with Crippen molar-refractivity contribution < 1.29 is 9.84 Å². The number of hydrogen-bond acceptors (Lipinski definition) is 4. The fraction of sp³-hybridized carbons (Fsp3) is 1.00. The molecule has 2 saturated heterocycles. The number of rotatable bonds is 5. The van der Waals surface area contributed by atoms with E-state index in [1.54, 1.807) is 0 Å². The fourth-order valence-corrected chi connectivity index (χ4v) is 3.29. The fourth-order valence-electron chi connectivity index (χ4n) is 3.29. The lowest BCUT2D eigenvalue weighted by Gasteiger charge is -2.41. The zero-order valence-electron chi connectivity index (χ0n) is 11.8. The number of nitrogens with zero attached hydrogens (tertiary/aromatic N) is 2. The standard InChI is InChI=1S/C14H28N2O2/c1-3-5-12(4-2)15-6-8-16(9-7-15)13-10-18-11-14(13)17/h12-14,17H,3-11H2,1-2H3. The zero-order valence-corrected chi connectivity index (χ0v) is 11.8. The third-order valence-electron chi connectivity index (χ3n) is 4.45. The van der Waals surface area contributed by atoms with Gasteiger partial charge >= 0.3 is 0 Å². The first-order chi connectivity index (χ1) is 8.76. The van der Waals surface area contributed by atoms with E-state index in [1.807, 2.05) is 0 Å². The van der Waals surface area contributed by atoms with E-state index in [0.717, 1.165) is 32.2 Å². The summed E-state index contributed by atoms with van der Waals surface area (Å²) in [5.74, 6) is 0. The van der Waals surface area contributed by atoms with Crippen LogP contribution in [0.1, 0.15) is 33.1 Å². The Morgan fingerprint density at radius 2 is 1.89 bits per heavy atom. The molecule has 2 fully saturated rings. The van der Waals surface area contributed by atoms with Crippen LogP contribution in [0.5, 0.6) is 0 Å². The third kappa shape index (κ3) is 3.23. The van der Waals surface area contributed by atoms with Gasteiger partial charge in [-0.25, -0.2) is 0 Å². The van der Waals surface area contributed by atoms with Gasteiger partial charge in [0.15, 0.2) is 0 Å². The molecule has 0 aromatic carbocycles. The Hall–Kier alpha value is -0.160. The highest BCUT2D eigenvalue weighted by atomic mass is 16.5. The predicted molar refractivity (Wildman–Crippen MR) is 72.7 cm³/mol. The summed E-state index contributed by atoms with van der Waals surface area (Å²) in [5.41, 5.74) is 0. The molecule has 106 valence electrons. The molecule has 0 bridgehead atoms. The molecule has 4 nitrogen and oxygen atoms in total. The number of aliphatic hydroxyl groups excluding tert-OH is 1. The third-order valence-corrected chi connectivity index (χ3v) is 4.45. The largest absolute Gasteiger partial charge is 0.389 e. The summed E-state index contributed by atoms with van der Waals surface area (Å²) in [6.45, 7) is 10.2. The first kappa shape index (κ1) is 14.3. The van der Waals surface area contributed by atoms with E-state index in [-0.39, 0.29) is 12.1 Å². The summed E-state index contributed by atoms with van der Waals surface area (Å²) < 4.78 is 5.35. The Bertz CT molecular complexity index is 242.